The number of amides is 1. The van der Waals surface area contributed by atoms with Crippen LogP contribution in [0, 0.1) is 10.1 Å². The summed E-state index contributed by atoms with van der Waals surface area (Å²) in [7, 11) is 0. The molecule has 1 rings (SSSR count). The maximum Gasteiger partial charge on any atom is 0.270 e. The minimum Gasteiger partial charge on any atom is -0.394 e. The summed E-state index contributed by atoms with van der Waals surface area (Å²) in [5.74, 6) is -0.274. The molecular weight excluding hydrogens is 276 g/mol. The van der Waals surface area contributed by atoms with Crippen LogP contribution in [0.3, 0.4) is 0 Å². The average molecular weight is 294 g/mol. The molecule has 0 aliphatic rings. The number of nitrogens with zero attached hydrogens (tertiary/aromatic N) is 1. The molecular formula is C14H18N2O5. The lowest BCUT2D eigenvalue weighted by atomic mass is 10.2. The maximum atomic E-state index is 11.5. The Balaban J connectivity index is 2.33. The van der Waals surface area contributed by atoms with Crippen LogP contribution in [0.5, 0.6) is 0 Å². The van der Waals surface area contributed by atoms with E-state index in [2.05, 4.69) is 5.32 Å². The van der Waals surface area contributed by atoms with Gasteiger partial charge in [0.05, 0.1) is 18.1 Å². The highest BCUT2D eigenvalue weighted by molar-refractivity contribution is 5.91. The molecule has 7 nitrogen and oxygen atoms in total. The van der Waals surface area contributed by atoms with Gasteiger partial charge in [-0.2, -0.15) is 0 Å². The number of nitro benzene ring substituents is 1. The van der Waals surface area contributed by atoms with Crippen molar-refractivity contribution < 1.29 is 19.6 Å². The van der Waals surface area contributed by atoms with E-state index in [0.717, 1.165) is 0 Å². The lowest BCUT2D eigenvalue weighted by Crippen LogP contribution is -2.23. The molecule has 0 radical (unpaired) electrons. The van der Waals surface area contributed by atoms with Crippen molar-refractivity contribution in [2.45, 2.75) is 6.42 Å². The summed E-state index contributed by atoms with van der Waals surface area (Å²) in [4.78, 5) is 21.6. The second kappa shape index (κ2) is 9.62. The van der Waals surface area contributed by atoms with E-state index in [-0.39, 0.29) is 18.2 Å². The SMILES string of the molecule is O=C(/C=C/c1cccc([N+](=O)[O-])c1)NCCCOCCO. The lowest BCUT2D eigenvalue weighted by molar-refractivity contribution is -0.384. The molecule has 1 aromatic carbocycles. The average Bonchev–Trinajstić information content (AvgIpc) is 2.49. The number of aliphatic hydroxyl groups is 1. The topological polar surface area (TPSA) is 102 Å². The summed E-state index contributed by atoms with van der Waals surface area (Å²) in [5, 5.41) is 21.8. The number of carbonyl (C=O) groups is 1. The molecule has 0 atom stereocenters. The number of non-ortho nitro benzene ring substituents is 1. The molecule has 0 saturated carbocycles. The van der Waals surface area contributed by atoms with E-state index >= 15 is 0 Å². The first-order chi connectivity index (χ1) is 10.1. The second-order valence-corrected chi connectivity index (χ2v) is 4.17. The van der Waals surface area contributed by atoms with Gasteiger partial charge in [-0.1, -0.05) is 12.1 Å². The van der Waals surface area contributed by atoms with Gasteiger partial charge < -0.3 is 15.2 Å². The van der Waals surface area contributed by atoms with Crippen molar-refractivity contribution in [1.29, 1.82) is 0 Å². The number of nitrogens with one attached hydrogen (secondary N) is 1. The van der Waals surface area contributed by atoms with Crippen molar-refractivity contribution in [3.05, 3.63) is 46.0 Å². The summed E-state index contributed by atoms with van der Waals surface area (Å²) in [6, 6.07) is 6.03. The molecule has 0 fully saturated rings. The van der Waals surface area contributed by atoms with Crippen LogP contribution in [0.15, 0.2) is 30.3 Å². The van der Waals surface area contributed by atoms with E-state index in [0.29, 0.717) is 31.7 Å². The lowest BCUT2D eigenvalue weighted by Gasteiger charge is -2.03. The molecule has 0 aliphatic carbocycles. The number of rotatable bonds is 9. The molecule has 0 saturated heterocycles. The number of nitro groups is 1. The van der Waals surface area contributed by atoms with Gasteiger partial charge in [0, 0.05) is 31.4 Å². The zero-order valence-corrected chi connectivity index (χ0v) is 11.5. The molecule has 0 heterocycles. The van der Waals surface area contributed by atoms with Crippen LogP contribution in [-0.2, 0) is 9.53 Å². The van der Waals surface area contributed by atoms with Gasteiger partial charge in [-0.25, -0.2) is 0 Å². The van der Waals surface area contributed by atoms with E-state index in [1.807, 2.05) is 0 Å². The minimum atomic E-state index is -0.482. The molecule has 7 heteroatoms. The summed E-state index contributed by atoms with van der Waals surface area (Å²) in [6.07, 6.45) is 3.49. The van der Waals surface area contributed by atoms with E-state index in [1.54, 1.807) is 12.1 Å². The zero-order valence-electron chi connectivity index (χ0n) is 11.5. The first-order valence-corrected chi connectivity index (χ1v) is 6.52. The summed E-state index contributed by atoms with van der Waals surface area (Å²) < 4.78 is 5.05. The van der Waals surface area contributed by atoms with E-state index in [1.165, 1.54) is 24.3 Å². The van der Waals surface area contributed by atoms with Gasteiger partial charge in [-0.3, -0.25) is 14.9 Å². The first kappa shape index (κ1) is 16.8. The number of carbonyl (C=O) groups excluding carboxylic acids is 1. The van der Waals surface area contributed by atoms with Gasteiger partial charge in [-0.05, 0) is 18.1 Å². The third-order valence-electron chi connectivity index (χ3n) is 2.51. The number of hydrogen-bond acceptors (Lipinski definition) is 5. The highest BCUT2D eigenvalue weighted by Crippen LogP contribution is 2.13. The van der Waals surface area contributed by atoms with Crippen molar-refractivity contribution in [3.8, 4) is 0 Å². The smallest absolute Gasteiger partial charge is 0.270 e. The van der Waals surface area contributed by atoms with Crippen molar-refractivity contribution >= 4 is 17.7 Å². The van der Waals surface area contributed by atoms with Crippen molar-refractivity contribution in [2.24, 2.45) is 0 Å². The Bertz CT molecular complexity index is 502. The predicted octanol–water partition coefficient (Wildman–Crippen LogP) is 1.12. The maximum absolute atomic E-state index is 11.5. The van der Waals surface area contributed by atoms with E-state index in [9.17, 15) is 14.9 Å². The zero-order chi connectivity index (χ0) is 15.5. The second-order valence-electron chi connectivity index (χ2n) is 4.17. The number of hydrogen-bond donors (Lipinski definition) is 2. The van der Waals surface area contributed by atoms with Crippen LogP contribution in [0.25, 0.3) is 6.08 Å². The third kappa shape index (κ3) is 7.19. The van der Waals surface area contributed by atoms with Crippen LogP contribution >= 0.6 is 0 Å². The predicted molar refractivity (Wildman–Crippen MR) is 77.7 cm³/mol. The molecule has 0 aromatic heterocycles. The number of aliphatic hydroxyl groups excluding tert-OH is 1. The van der Waals surface area contributed by atoms with E-state index < -0.39 is 4.92 Å². The van der Waals surface area contributed by atoms with Gasteiger partial charge in [0.25, 0.3) is 5.69 Å². The Labute approximate surface area is 122 Å². The molecule has 1 aromatic rings. The van der Waals surface area contributed by atoms with Gasteiger partial charge >= 0.3 is 0 Å². The quantitative estimate of drug-likeness (QED) is 0.307. The highest BCUT2D eigenvalue weighted by atomic mass is 16.6. The Kier molecular flexibility index (Phi) is 7.70. The van der Waals surface area contributed by atoms with Crippen LogP contribution in [0.4, 0.5) is 5.69 Å². The third-order valence-corrected chi connectivity index (χ3v) is 2.51. The van der Waals surface area contributed by atoms with Crippen LogP contribution in [0.1, 0.15) is 12.0 Å². The molecule has 0 aliphatic heterocycles. The van der Waals surface area contributed by atoms with Crippen LogP contribution in [-0.4, -0.2) is 42.3 Å². The molecule has 114 valence electrons. The van der Waals surface area contributed by atoms with E-state index in [4.69, 9.17) is 9.84 Å². The fraction of sp³-hybridized carbons (Fsp3) is 0.357. The number of benzene rings is 1. The summed E-state index contributed by atoms with van der Waals surface area (Å²) >= 11 is 0. The number of ether oxygens (including phenoxy) is 1. The van der Waals surface area contributed by atoms with Crippen molar-refractivity contribution in [1.82, 2.24) is 5.32 Å². The van der Waals surface area contributed by atoms with Gasteiger partial charge in [0.2, 0.25) is 5.91 Å². The van der Waals surface area contributed by atoms with Gasteiger partial charge in [0.15, 0.2) is 0 Å². The van der Waals surface area contributed by atoms with Crippen molar-refractivity contribution in [3.63, 3.8) is 0 Å². The largest absolute Gasteiger partial charge is 0.394 e. The molecule has 2 N–H and O–H groups in total. The Hall–Kier alpha value is -2.25. The van der Waals surface area contributed by atoms with Crippen molar-refractivity contribution in [2.75, 3.05) is 26.4 Å². The van der Waals surface area contributed by atoms with Gasteiger partial charge in [-0.15, -0.1) is 0 Å². The fourth-order valence-electron chi connectivity index (χ4n) is 1.53. The molecule has 21 heavy (non-hydrogen) atoms. The Morgan fingerprint density at radius 1 is 1.43 bits per heavy atom. The molecule has 0 spiro atoms. The normalized spacial score (nSPS) is 10.7. The molecule has 1 amide bonds. The highest BCUT2D eigenvalue weighted by Gasteiger charge is 2.03. The fourth-order valence-corrected chi connectivity index (χ4v) is 1.53. The summed E-state index contributed by atoms with van der Waals surface area (Å²) in [5.41, 5.74) is 0.573. The molecule has 0 unspecified atom stereocenters. The van der Waals surface area contributed by atoms with Gasteiger partial charge in [0.1, 0.15) is 0 Å². The van der Waals surface area contributed by atoms with Crippen LogP contribution < -0.4 is 5.32 Å². The minimum absolute atomic E-state index is 0.0152. The molecule has 0 bridgehead atoms. The van der Waals surface area contributed by atoms with Crippen LogP contribution in [0.2, 0.25) is 0 Å². The Morgan fingerprint density at radius 2 is 2.24 bits per heavy atom. The standard InChI is InChI=1S/C14H18N2O5/c17-8-10-21-9-2-7-15-14(18)6-5-12-3-1-4-13(11-12)16(19)20/h1,3-6,11,17H,2,7-10H2,(H,15,18)/b6-5+. The monoisotopic (exact) mass is 294 g/mol. The Morgan fingerprint density at radius 3 is 2.95 bits per heavy atom. The first-order valence-electron chi connectivity index (χ1n) is 6.52. The summed E-state index contributed by atoms with van der Waals surface area (Å²) in [6.45, 7) is 1.21.